The number of allylic oxidation sites excluding steroid dienone is 3. The molecule has 4 nitrogen and oxygen atoms in total. The molecule has 4 heteroatoms. The van der Waals surface area contributed by atoms with Gasteiger partial charge in [0.05, 0.1) is 6.10 Å². The number of carbonyl (C=O) groups is 1. The van der Waals surface area contributed by atoms with E-state index >= 15 is 0 Å². The zero-order valence-corrected chi connectivity index (χ0v) is 19.9. The second kappa shape index (κ2) is 8.67. The highest BCUT2D eigenvalue weighted by Crippen LogP contribution is 2.60. The first-order valence-electron chi connectivity index (χ1n) is 12.6. The molecule has 4 fully saturated rings. The minimum absolute atomic E-state index is 0.150. The number of carbonyl (C=O) groups excluding carboxylic acids is 1. The van der Waals surface area contributed by atoms with Gasteiger partial charge in [0.1, 0.15) is 6.10 Å². The monoisotopic (exact) mass is 430 g/mol. The smallest absolute Gasteiger partial charge is 0.338 e. The number of aliphatic hydroxyl groups excluding tert-OH is 1. The van der Waals surface area contributed by atoms with Crippen molar-refractivity contribution >= 4 is 5.97 Å². The first-order chi connectivity index (χ1) is 14.6. The molecule has 2 N–H and O–H groups in total. The third-order valence-electron chi connectivity index (χ3n) is 9.25. The van der Waals surface area contributed by atoms with Gasteiger partial charge in [-0.3, -0.25) is 0 Å². The minimum Gasteiger partial charge on any atom is -0.460 e. The molecule has 0 aromatic carbocycles. The Bertz CT molecular complexity index is 750. The minimum atomic E-state index is -1.31. The maximum absolute atomic E-state index is 11.9. The lowest BCUT2D eigenvalue weighted by Gasteiger charge is -2.44. The van der Waals surface area contributed by atoms with Gasteiger partial charge in [-0.2, -0.15) is 0 Å². The second-order valence-electron chi connectivity index (χ2n) is 11.6. The molecule has 4 rings (SSSR count). The van der Waals surface area contributed by atoms with E-state index in [0.29, 0.717) is 35.5 Å². The first kappa shape index (κ1) is 23.0. The summed E-state index contributed by atoms with van der Waals surface area (Å²) in [6.07, 6.45) is 14.8. The molecule has 1 heterocycles. The fraction of sp³-hybridized carbons (Fsp3) is 0.815. The van der Waals surface area contributed by atoms with Gasteiger partial charge in [-0.15, -0.1) is 0 Å². The number of esters is 1. The van der Waals surface area contributed by atoms with Crippen molar-refractivity contribution in [1.82, 2.24) is 0 Å². The molecule has 4 aliphatic rings. The number of ether oxygens (including phenoxy) is 1. The van der Waals surface area contributed by atoms with Crippen LogP contribution in [0.4, 0.5) is 0 Å². The van der Waals surface area contributed by atoms with Crippen molar-refractivity contribution in [3.8, 4) is 0 Å². The lowest BCUT2D eigenvalue weighted by atomic mass is 9.60. The summed E-state index contributed by atoms with van der Waals surface area (Å²) in [7, 11) is 0. The van der Waals surface area contributed by atoms with E-state index in [9.17, 15) is 15.0 Å². The van der Waals surface area contributed by atoms with Gasteiger partial charge in [-0.25, -0.2) is 4.79 Å². The number of hydrogen-bond acceptors (Lipinski definition) is 4. The summed E-state index contributed by atoms with van der Waals surface area (Å²) in [5.41, 5.74) is 2.02. The predicted octanol–water partition coefficient (Wildman–Crippen LogP) is 5.33. The van der Waals surface area contributed by atoms with Crippen molar-refractivity contribution in [3.05, 3.63) is 23.3 Å². The molecule has 8 atom stereocenters. The number of cyclic esters (lactones) is 1. The Morgan fingerprint density at radius 1 is 1.16 bits per heavy atom. The van der Waals surface area contributed by atoms with E-state index in [2.05, 4.69) is 32.9 Å². The summed E-state index contributed by atoms with van der Waals surface area (Å²) in [5.74, 6) is 1.88. The van der Waals surface area contributed by atoms with Gasteiger partial charge in [-0.1, -0.05) is 44.1 Å². The van der Waals surface area contributed by atoms with E-state index in [-0.39, 0.29) is 12.2 Å². The third kappa shape index (κ3) is 4.53. The first-order valence-corrected chi connectivity index (χ1v) is 12.6. The van der Waals surface area contributed by atoms with Crippen molar-refractivity contribution in [2.45, 2.75) is 110 Å². The average Bonchev–Trinajstić information content (AvgIpc) is 3.17. The van der Waals surface area contributed by atoms with E-state index in [4.69, 9.17) is 4.74 Å². The van der Waals surface area contributed by atoms with E-state index in [0.717, 1.165) is 25.7 Å². The summed E-state index contributed by atoms with van der Waals surface area (Å²) in [5, 5.41) is 20.3. The molecule has 0 amide bonds. The summed E-state index contributed by atoms with van der Waals surface area (Å²) in [6, 6.07) is 0. The second-order valence-corrected chi connectivity index (χ2v) is 11.6. The zero-order chi connectivity index (χ0) is 22.4. The standard InChI is InChI=1S/C27H42O4/c1-17-7-10-21(28)15-20(17)9-8-19-6-5-13-26(3)23(11-12-24(19)26)18(2)14-22-16-27(4,30)25(29)31-22/h8-9,17-18,21-24,28,30H,5-7,10-16H2,1-4H3. The Morgan fingerprint density at radius 3 is 2.61 bits per heavy atom. The fourth-order valence-corrected chi connectivity index (χ4v) is 7.42. The molecule has 0 aromatic rings. The summed E-state index contributed by atoms with van der Waals surface area (Å²) in [6.45, 7) is 8.69. The van der Waals surface area contributed by atoms with Crippen molar-refractivity contribution in [2.75, 3.05) is 0 Å². The molecule has 174 valence electrons. The van der Waals surface area contributed by atoms with E-state index < -0.39 is 11.6 Å². The lowest BCUT2D eigenvalue weighted by Crippen LogP contribution is -2.36. The Labute approximate surface area is 188 Å². The quantitative estimate of drug-likeness (QED) is 0.592. The van der Waals surface area contributed by atoms with Crippen LogP contribution in [0.15, 0.2) is 23.3 Å². The zero-order valence-electron chi connectivity index (χ0n) is 19.9. The van der Waals surface area contributed by atoms with Crippen molar-refractivity contribution in [1.29, 1.82) is 0 Å². The average molecular weight is 431 g/mol. The van der Waals surface area contributed by atoms with Crippen LogP contribution in [0.2, 0.25) is 0 Å². The summed E-state index contributed by atoms with van der Waals surface area (Å²) >= 11 is 0. The highest BCUT2D eigenvalue weighted by atomic mass is 16.6. The van der Waals surface area contributed by atoms with Gasteiger partial charge >= 0.3 is 5.97 Å². The molecular weight excluding hydrogens is 388 g/mol. The van der Waals surface area contributed by atoms with Crippen LogP contribution in [-0.4, -0.2) is 34.0 Å². The topological polar surface area (TPSA) is 66.8 Å². The van der Waals surface area contributed by atoms with Crippen molar-refractivity contribution < 1.29 is 19.7 Å². The van der Waals surface area contributed by atoms with Gasteiger partial charge in [0, 0.05) is 6.42 Å². The van der Waals surface area contributed by atoms with Crippen LogP contribution in [0.25, 0.3) is 0 Å². The third-order valence-corrected chi connectivity index (χ3v) is 9.25. The molecule has 0 bridgehead atoms. The predicted molar refractivity (Wildman–Crippen MR) is 122 cm³/mol. The normalized spacial score (nSPS) is 46.9. The number of hydrogen-bond donors (Lipinski definition) is 2. The molecule has 3 aliphatic carbocycles. The van der Waals surface area contributed by atoms with E-state index in [1.54, 1.807) is 12.5 Å². The molecule has 8 unspecified atom stereocenters. The number of aliphatic hydroxyl groups is 2. The van der Waals surface area contributed by atoms with E-state index in [1.807, 2.05) is 0 Å². The maximum Gasteiger partial charge on any atom is 0.338 e. The van der Waals surface area contributed by atoms with Crippen molar-refractivity contribution in [3.63, 3.8) is 0 Å². The molecular formula is C27H42O4. The van der Waals surface area contributed by atoms with Gasteiger partial charge in [0.15, 0.2) is 5.60 Å². The molecule has 1 aliphatic heterocycles. The lowest BCUT2D eigenvalue weighted by molar-refractivity contribution is -0.154. The largest absolute Gasteiger partial charge is 0.460 e. The molecule has 1 saturated heterocycles. The number of rotatable bonds is 4. The van der Waals surface area contributed by atoms with Crippen LogP contribution in [0.3, 0.4) is 0 Å². The Hall–Kier alpha value is -1.13. The van der Waals surface area contributed by atoms with Gasteiger partial charge in [-0.05, 0) is 93.8 Å². The highest BCUT2D eigenvalue weighted by Gasteiger charge is 2.52. The highest BCUT2D eigenvalue weighted by molar-refractivity contribution is 5.80. The maximum atomic E-state index is 11.9. The SMILES string of the molecule is CC1CCC(O)CC1=CC=C1CCCC2(C)C1CCC2C(C)CC1CC(C)(O)C(=O)O1. The summed E-state index contributed by atoms with van der Waals surface area (Å²) in [4.78, 5) is 11.9. The molecule has 0 radical (unpaired) electrons. The van der Waals surface area contributed by atoms with E-state index in [1.165, 1.54) is 37.7 Å². The number of fused-ring (bicyclic) bond motifs is 1. The Balaban J connectivity index is 1.46. The molecule has 0 spiro atoms. The molecule has 3 saturated carbocycles. The Morgan fingerprint density at radius 2 is 1.90 bits per heavy atom. The van der Waals surface area contributed by atoms with Gasteiger partial charge < -0.3 is 14.9 Å². The van der Waals surface area contributed by atoms with Crippen molar-refractivity contribution in [2.24, 2.45) is 29.1 Å². The van der Waals surface area contributed by atoms with Gasteiger partial charge in [0.25, 0.3) is 0 Å². The van der Waals surface area contributed by atoms with Gasteiger partial charge in [0.2, 0.25) is 0 Å². The van der Waals surface area contributed by atoms with Crippen LogP contribution in [-0.2, 0) is 9.53 Å². The van der Waals surface area contributed by atoms with Crippen LogP contribution < -0.4 is 0 Å². The summed E-state index contributed by atoms with van der Waals surface area (Å²) < 4.78 is 5.49. The fourth-order valence-electron chi connectivity index (χ4n) is 7.42. The molecule has 0 aromatic heterocycles. The van der Waals surface area contributed by atoms with Crippen LogP contribution >= 0.6 is 0 Å². The van der Waals surface area contributed by atoms with Crippen LogP contribution in [0.1, 0.15) is 91.9 Å². The van der Waals surface area contributed by atoms with Crippen LogP contribution in [0, 0.1) is 29.1 Å². The van der Waals surface area contributed by atoms with Crippen LogP contribution in [0.5, 0.6) is 0 Å². The molecule has 31 heavy (non-hydrogen) atoms. The Kier molecular flexibility index (Phi) is 6.44.